The Morgan fingerprint density at radius 2 is 1.26 bits per heavy atom. The van der Waals surface area contributed by atoms with Gasteiger partial charge in [0.1, 0.15) is 18.1 Å². The molecule has 6 atom stereocenters. The second kappa shape index (κ2) is 12.0. The van der Waals surface area contributed by atoms with Gasteiger partial charge in [-0.2, -0.15) is 25.3 Å². The van der Waals surface area contributed by atoms with Crippen LogP contribution >= 0.6 is 25.3 Å². The fourth-order valence-electron chi connectivity index (χ4n) is 1.84. The lowest BCUT2D eigenvalue weighted by molar-refractivity contribution is -0.142. The van der Waals surface area contributed by atoms with Gasteiger partial charge in [0.05, 0.1) is 18.2 Å². The Kier molecular flexibility index (Phi) is 11.3. The number of rotatable bonds is 11. The largest absolute Gasteiger partial charge is 0.480 e. The normalized spacial score (nSPS) is 17.6. The summed E-state index contributed by atoms with van der Waals surface area (Å²) in [5.74, 6) is -4.24. The van der Waals surface area contributed by atoms with Crippen molar-refractivity contribution in [2.24, 2.45) is 5.73 Å². The lowest BCUT2D eigenvalue weighted by Crippen LogP contribution is -2.62. The molecule has 0 aliphatic heterocycles. The van der Waals surface area contributed by atoms with Gasteiger partial charge in [-0.15, -0.1) is 0 Å². The summed E-state index contributed by atoms with van der Waals surface area (Å²) in [6.07, 6.45) is -2.74. The number of carboxylic acids is 1. The zero-order valence-corrected chi connectivity index (χ0v) is 16.6. The van der Waals surface area contributed by atoms with Gasteiger partial charge in [-0.1, -0.05) is 0 Å². The highest BCUT2D eigenvalue weighted by atomic mass is 32.1. The van der Waals surface area contributed by atoms with Crippen molar-refractivity contribution >= 4 is 48.9 Å². The van der Waals surface area contributed by atoms with Crippen LogP contribution in [-0.2, 0) is 19.2 Å². The maximum Gasteiger partial charge on any atom is 0.327 e. The Bertz CT molecular complexity index is 548. The maximum absolute atomic E-state index is 12.4. The molecule has 11 nitrogen and oxygen atoms in total. The van der Waals surface area contributed by atoms with Crippen molar-refractivity contribution in [1.29, 1.82) is 0 Å². The first kappa shape index (κ1) is 25.5. The highest BCUT2D eigenvalue weighted by Crippen LogP contribution is 2.01. The summed E-state index contributed by atoms with van der Waals surface area (Å²) in [5.41, 5.74) is 5.49. The second-order valence-electron chi connectivity index (χ2n) is 5.82. The van der Waals surface area contributed by atoms with Crippen molar-refractivity contribution in [3.05, 3.63) is 0 Å². The van der Waals surface area contributed by atoms with Crippen LogP contribution in [0.1, 0.15) is 13.8 Å². The van der Waals surface area contributed by atoms with E-state index < -0.39 is 60.1 Å². The number of aliphatic carboxylic acids is 1. The van der Waals surface area contributed by atoms with Crippen LogP contribution in [0.2, 0.25) is 0 Å². The van der Waals surface area contributed by atoms with E-state index in [0.717, 1.165) is 0 Å². The first-order chi connectivity index (χ1) is 12.5. The average Bonchev–Trinajstić information content (AvgIpc) is 2.59. The summed E-state index contributed by atoms with van der Waals surface area (Å²) >= 11 is 7.66. The third-order valence-electron chi connectivity index (χ3n) is 3.46. The zero-order valence-electron chi connectivity index (χ0n) is 14.8. The van der Waals surface area contributed by atoms with Crippen LogP contribution in [0, 0.1) is 0 Å². The Morgan fingerprint density at radius 3 is 1.59 bits per heavy atom. The average molecular weight is 427 g/mol. The van der Waals surface area contributed by atoms with Gasteiger partial charge in [0, 0.05) is 11.5 Å². The molecule has 0 aliphatic carbocycles. The smallest absolute Gasteiger partial charge is 0.327 e. The second-order valence-corrected chi connectivity index (χ2v) is 6.56. The number of aliphatic hydroxyl groups excluding tert-OH is 2. The molecule has 0 aromatic carbocycles. The van der Waals surface area contributed by atoms with Crippen molar-refractivity contribution in [3.8, 4) is 0 Å². The number of nitrogens with one attached hydrogen (secondary N) is 3. The van der Waals surface area contributed by atoms with Crippen molar-refractivity contribution in [1.82, 2.24) is 16.0 Å². The van der Waals surface area contributed by atoms with Crippen molar-refractivity contribution in [3.63, 3.8) is 0 Å². The van der Waals surface area contributed by atoms with Crippen LogP contribution in [0.25, 0.3) is 0 Å². The minimum Gasteiger partial charge on any atom is -0.480 e. The van der Waals surface area contributed by atoms with E-state index in [2.05, 4.69) is 41.2 Å². The third-order valence-corrected chi connectivity index (χ3v) is 4.21. The number of carboxylic acid groups (broad SMARTS) is 1. The molecule has 0 saturated carbocycles. The Balaban J connectivity index is 5.24. The summed E-state index contributed by atoms with van der Waals surface area (Å²) in [6, 6.07) is -5.35. The zero-order chi connectivity index (χ0) is 21.3. The third kappa shape index (κ3) is 8.34. The molecule has 13 heteroatoms. The first-order valence-electron chi connectivity index (χ1n) is 7.93. The molecule has 0 aromatic rings. The number of carbonyl (C=O) groups is 4. The molecule has 0 bridgehead atoms. The summed E-state index contributed by atoms with van der Waals surface area (Å²) in [6.45, 7) is 2.43. The minimum atomic E-state index is -1.53. The summed E-state index contributed by atoms with van der Waals surface area (Å²) < 4.78 is 0. The van der Waals surface area contributed by atoms with E-state index in [4.69, 9.17) is 10.8 Å². The maximum atomic E-state index is 12.4. The van der Waals surface area contributed by atoms with Crippen LogP contribution < -0.4 is 21.7 Å². The summed E-state index contributed by atoms with van der Waals surface area (Å²) in [4.78, 5) is 47.4. The molecular weight excluding hydrogens is 400 g/mol. The van der Waals surface area contributed by atoms with Gasteiger partial charge in [-0.3, -0.25) is 14.4 Å². The van der Waals surface area contributed by atoms with Gasteiger partial charge in [-0.05, 0) is 13.8 Å². The lowest BCUT2D eigenvalue weighted by Gasteiger charge is -2.27. The van der Waals surface area contributed by atoms with E-state index >= 15 is 0 Å². The van der Waals surface area contributed by atoms with Gasteiger partial charge in [0.25, 0.3) is 0 Å². The van der Waals surface area contributed by atoms with Crippen molar-refractivity contribution in [2.75, 3.05) is 11.5 Å². The molecule has 0 unspecified atom stereocenters. The molecule has 27 heavy (non-hydrogen) atoms. The van der Waals surface area contributed by atoms with Crippen molar-refractivity contribution < 1.29 is 34.5 Å². The number of aliphatic hydroxyl groups is 2. The number of hydrogen-bond donors (Lipinski definition) is 9. The molecule has 0 aromatic heterocycles. The fourth-order valence-corrected chi connectivity index (χ4v) is 2.26. The molecule has 8 N–H and O–H groups in total. The monoisotopic (exact) mass is 426 g/mol. The van der Waals surface area contributed by atoms with Crippen LogP contribution in [0.3, 0.4) is 0 Å². The van der Waals surface area contributed by atoms with E-state index in [1.54, 1.807) is 0 Å². The standard InChI is InChI=1S/C14H26N4O7S2/c1-5(19)9(12(22)16-8(4-27)14(24)25)18-13(23)10(6(2)20)17-11(21)7(15)3-26/h5-10,19-20,26-27H,3-4,15H2,1-2H3,(H,16,22)(H,17,21)(H,18,23)(H,24,25)/t5-,6-,7+,8+,9+,10+/m1/s1. The molecule has 0 rings (SSSR count). The van der Waals surface area contributed by atoms with Crippen LogP contribution in [0.15, 0.2) is 0 Å². The summed E-state index contributed by atoms with van der Waals surface area (Å²) in [7, 11) is 0. The Labute approximate surface area is 167 Å². The minimum absolute atomic E-state index is 0.00100. The summed E-state index contributed by atoms with van der Waals surface area (Å²) in [5, 5.41) is 35.0. The molecule has 0 fully saturated rings. The van der Waals surface area contributed by atoms with Crippen molar-refractivity contribution in [2.45, 2.75) is 50.2 Å². The fraction of sp³-hybridized carbons (Fsp3) is 0.714. The van der Waals surface area contributed by atoms with E-state index in [1.807, 2.05) is 0 Å². The number of hydrogen-bond acceptors (Lipinski definition) is 9. The Morgan fingerprint density at radius 1 is 0.852 bits per heavy atom. The number of carbonyl (C=O) groups excluding carboxylic acids is 3. The van der Waals surface area contributed by atoms with E-state index in [0.29, 0.717) is 0 Å². The molecule has 0 spiro atoms. The molecule has 0 saturated heterocycles. The lowest BCUT2D eigenvalue weighted by atomic mass is 10.1. The molecule has 3 amide bonds. The highest BCUT2D eigenvalue weighted by Gasteiger charge is 2.34. The number of nitrogens with two attached hydrogens (primary N) is 1. The number of amides is 3. The Hall–Kier alpha value is -1.54. The predicted octanol–water partition coefficient (Wildman–Crippen LogP) is -3.53. The molecule has 0 heterocycles. The van der Waals surface area contributed by atoms with Crippen LogP contribution in [-0.4, -0.2) is 86.9 Å². The van der Waals surface area contributed by atoms with Crippen LogP contribution in [0.5, 0.6) is 0 Å². The highest BCUT2D eigenvalue weighted by molar-refractivity contribution is 7.80. The molecule has 0 aliphatic rings. The van der Waals surface area contributed by atoms with Crippen LogP contribution in [0.4, 0.5) is 0 Å². The molecular formula is C14H26N4O7S2. The van der Waals surface area contributed by atoms with Gasteiger partial charge < -0.3 is 37.0 Å². The molecule has 0 radical (unpaired) electrons. The van der Waals surface area contributed by atoms with Gasteiger partial charge >= 0.3 is 5.97 Å². The van der Waals surface area contributed by atoms with E-state index in [9.17, 15) is 29.4 Å². The molecule has 156 valence electrons. The number of thiol groups is 2. The quantitative estimate of drug-likeness (QED) is 0.152. The SMILES string of the molecule is C[C@@H](O)[C@H](NC(=O)[C@@H](NC(=O)[C@@H](N)CS)[C@@H](C)O)C(=O)N[C@@H](CS)C(=O)O. The van der Waals surface area contributed by atoms with Gasteiger partial charge in [0.2, 0.25) is 17.7 Å². The van der Waals surface area contributed by atoms with E-state index in [1.165, 1.54) is 13.8 Å². The predicted molar refractivity (Wildman–Crippen MR) is 102 cm³/mol. The van der Waals surface area contributed by atoms with E-state index in [-0.39, 0.29) is 11.5 Å². The van der Waals surface area contributed by atoms with Gasteiger partial charge in [0.15, 0.2) is 0 Å². The van der Waals surface area contributed by atoms with Gasteiger partial charge in [-0.25, -0.2) is 4.79 Å². The first-order valence-corrected chi connectivity index (χ1v) is 9.20. The topological polar surface area (TPSA) is 191 Å².